The molecular formula is C20H23NO5. The zero-order chi connectivity index (χ0) is 18.7. The maximum Gasteiger partial charge on any atom is 0.251 e. The summed E-state index contributed by atoms with van der Waals surface area (Å²) in [7, 11) is 3.13. The normalized spacial score (nSPS) is 24.9. The van der Waals surface area contributed by atoms with Crippen LogP contribution in [0.4, 0.5) is 0 Å². The number of carbonyl (C=O) groups is 1. The van der Waals surface area contributed by atoms with Gasteiger partial charge in [0.1, 0.15) is 17.6 Å². The summed E-state index contributed by atoms with van der Waals surface area (Å²) in [5, 5.41) is 23.4. The van der Waals surface area contributed by atoms with E-state index >= 15 is 0 Å². The molecule has 1 fully saturated rings. The molecule has 3 rings (SSSR count). The Kier molecular flexibility index (Phi) is 5.44. The summed E-state index contributed by atoms with van der Waals surface area (Å²) in [6.45, 7) is 0. The lowest BCUT2D eigenvalue weighted by atomic mass is 9.93. The van der Waals surface area contributed by atoms with Crippen molar-refractivity contribution < 1.29 is 24.5 Å². The monoisotopic (exact) mass is 357 g/mol. The smallest absolute Gasteiger partial charge is 0.251 e. The first-order valence-electron chi connectivity index (χ1n) is 8.48. The summed E-state index contributed by atoms with van der Waals surface area (Å²) in [5.41, 5.74) is 1.36. The number of amides is 1. The summed E-state index contributed by atoms with van der Waals surface area (Å²) in [6.07, 6.45) is -1.55. The Bertz CT molecular complexity index is 761. The van der Waals surface area contributed by atoms with E-state index in [0.717, 1.165) is 11.3 Å². The van der Waals surface area contributed by atoms with Gasteiger partial charge in [-0.2, -0.15) is 0 Å². The Labute approximate surface area is 152 Å². The van der Waals surface area contributed by atoms with Crippen LogP contribution in [0.1, 0.15) is 28.3 Å². The van der Waals surface area contributed by atoms with Gasteiger partial charge in [-0.15, -0.1) is 0 Å². The first-order chi connectivity index (χ1) is 12.5. The van der Waals surface area contributed by atoms with Crippen molar-refractivity contribution in [2.45, 2.75) is 30.6 Å². The Morgan fingerprint density at radius 2 is 1.73 bits per heavy atom. The third kappa shape index (κ3) is 3.66. The molecule has 1 saturated carbocycles. The molecular weight excluding hydrogens is 334 g/mol. The number of nitrogens with one attached hydrogen (secondary N) is 1. The molecule has 138 valence electrons. The molecule has 2 aromatic carbocycles. The number of hydrogen-bond acceptors (Lipinski definition) is 5. The average Bonchev–Trinajstić information content (AvgIpc) is 2.96. The van der Waals surface area contributed by atoms with Gasteiger partial charge in [0.15, 0.2) is 0 Å². The highest BCUT2D eigenvalue weighted by atomic mass is 16.5. The van der Waals surface area contributed by atoms with Gasteiger partial charge in [0.2, 0.25) is 0 Å². The van der Waals surface area contributed by atoms with Gasteiger partial charge < -0.3 is 25.0 Å². The topological polar surface area (TPSA) is 88.0 Å². The van der Waals surface area contributed by atoms with Crippen LogP contribution in [0, 0.1) is 0 Å². The Balaban J connectivity index is 1.81. The van der Waals surface area contributed by atoms with Gasteiger partial charge in [-0.05, 0) is 42.3 Å². The number of aliphatic hydroxyl groups excluding tert-OH is 2. The molecule has 1 aliphatic rings. The van der Waals surface area contributed by atoms with Gasteiger partial charge >= 0.3 is 0 Å². The van der Waals surface area contributed by atoms with Crippen LogP contribution in [0.5, 0.6) is 11.5 Å². The minimum atomic E-state index is -1.03. The quantitative estimate of drug-likeness (QED) is 0.758. The van der Waals surface area contributed by atoms with Crippen LogP contribution >= 0.6 is 0 Å². The SMILES string of the molecule is COc1ccc(C2CC(O)C(O)C2NC(=O)c2cccc(OC)c2)cc1. The highest BCUT2D eigenvalue weighted by molar-refractivity contribution is 5.94. The molecule has 0 saturated heterocycles. The van der Waals surface area contributed by atoms with E-state index in [-0.39, 0.29) is 11.8 Å². The molecule has 0 radical (unpaired) electrons. The van der Waals surface area contributed by atoms with E-state index in [1.807, 2.05) is 24.3 Å². The zero-order valence-corrected chi connectivity index (χ0v) is 14.8. The molecule has 1 aliphatic carbocycles. The van der Waals surface area contributed by atoms with Crippen molar-refractivity contribution in [3.8, 4) is 11.5 Å². The largest absolute Gasteiger partial charge is 0.497 e. The van der Waals surface area contributed by atoms with Crippen LogP contribution in [0.15, 0.2) is 48.5 Å². The fourth-order valence-corrected chi connectivity index (χ4v) is 3.40. The highest BCUT2D eigenvalue weighted by Crippen LogP contribution is 2.36. The summed E-state index contributed by atoms with van der Waals surface area (Å²) in [6, 6.07) is 13.6. The van der Waals surface area contributed by atoms with Crippen LogP contribution in [-0.2, 0) is 0 Å². The van der Waals surface area contributed by atoms with Crippen LogP contribution in [0.3, 0.4) is 0 Å². The van der Waals surface area contributed by atoms with Crippen LogP contribution in [0.2, 0.25) is 0 Å². The van der Waals surface area contributed by atoms with Crippen molar-refractivity contribution >= 4 is 5.91 Å². The summed E-state index contributed by atoms with van der Waals surface area (Å²) < 4.78 is 10.3. The van der Waals surface area contributed by atoms with Gasteiger partial charge in [-0.3, -0.25) is 4.79 Å². The first kappa shape index (κ1) is 18.2. The van der Waals surface area contributed by atoms with Crippen molar-refractivity contribution in [1.82, 2.24) is 5.32 Å². The molecule has 0 aliphatic heterocycles. The molecule has 6 heteroatoms. The van der Waals surface area contributed by atoms with Crippen molar-refractivity contribution in [1.29, 1.82) is 0 Å². The third-order valence-electron chi connectivity index (χ3n) is 4.86. The van der Waals surface area contributed by atoms with E-state index in [1.54, 1.807) is 31.4 Å². The standard InChI is InChI=1S/C20H23NO5/c1-25-14-8-6-12(7-9-14)16-11-17(22)19(23)18(16)21-20(24)13-4-3-5-15(10-13)26-2/h3-10,16-19,22-23H,11H2,1-2H3,(H,21,24). The van der Waals surface area contributed by atoms with Crippen molar-refractivity contribution in [2.24, 2.45) is 0 Å². The third-order valence-corrected chi connectivity index (χ3v) is 4.86. The van der Waals surface area contributed by atoms with E-state index in [9.17, 15) is 15.0 Å². The fraction of sp³-hybridized carbons (Fsp3) is 0.350. The maximum atomic E-state index is 12.6. The van der Waals surface area contributed by atoms with Gasteiger partial charge in [-0.25, -0.2) is 0 Å². The lowest BCUT2D eigenvalue weighted by Gasteiger charge is -2.24. The number of aliphatic hydroxyl groups is 2. The highest BCUT2D eigenvalue weighted by Gasteiger charge is 2.43. The maximum absolute atomic E-state index is 12.6. The van der Waals surface area contributed by atoms with Crippen LogP contribution < -0.4 is 14.8 Å². The second kappa shape index (κ2) is 7.76. The molecule has 1 amide bonds. The number of benzene rings is 2. The Morgan fingerprint density at radius 1 is 1.04 bits per heavy atom. The van der Waals surface area contributed by atoms with Gasteiger partial charge in [-0.1, -0.05) is 18.2 Å². The minimum Gasteiger partial charge on any atom is -0.497 e. The predicted octanol–water partition coefficient (Wildman–Crippen LogP) is 1.71. The Morgan fingerprint density at radius 3 is 2.38 bits per heavy atom. The summed E-state index contributed by atoms with van der Waals surface area (Å²) >= 11 is 0. The molecule has 3 N–H and O–H groups in total. The molecule has 4 unspecified atom stereocenters. The average molecular weight is 357 g/mol. The summed E-state index contributed by atoms with van der Waals surface area (Å²) in [4.78, 5) is 12.6. The van der Waals surface area contributed by atoms with E-state index in [0.29, 0.717) is 17.7 Å². The molecule has 0 bridgehead atoms. The molecule has 4 atom stereocenters. The number of methoxy groups -OCH3 is 2. The van der Waals surface area contributed by atoms with E-state index in [1.165, 1.54) is 7.11 Å². The van der Waals surface area contributed by atoms with Crippen molar-refractivity contribution in [3.63, 3.8) is 0 Å². The van der Waals surface area contributed by atoms with Gasteiger partial charge in [0.05, 0.1) is 26.4 Å². The van der Waals surface area contributed by atoms with E-state index < -0.39 is 18.2 Å². The van der Waals surface area contributed by atoms with Crippen LogP contribution in [0.25, 0.3) is 0 Å². The van der Waals surface area contributed by atoms with Gasteiger partial charge in [0, 0.05) is 11.5 Å². The zero-order valence-electron chi connectivity index (χ0n) is 14.8. The van der Waals surface area contributed by atoms with Crippen molar-refractivity contribution in [3.05, 3.63) is 59.7 Å². The molecule has 26 heavy (non-hydrogen) atoms. The predicted molar refractivity (Wildman–Crippen MR) is 96.6 cm³/mol. The van der Waals surface area contributed by atoms with E-state index in [4.69, 9.17) is 9.47 Å². The van der Waals surface area contributed by atoms with E-state index in [2.05, 4.69) is 5.32 Å². The number of rotatable bonds is 5. The molecule has 6 nitrogen and oxygen atoms in total. The Hall–Kier alpha value is -2.57. The van der Waals surface area contributed by atoms with Gasteiger partial charge in [0.25, 0.3) is 5.91 Å². The first-order valence-corrected chi connectivity index (χ1v) is 8.48. The number of ether oxygens (including phenoxy) is 2. The molecule has 0 aromatic heterocycles. The minimum absolute atomic E-state index is 0.194. The fourth-order valence-electron chi connectivity index (χ4n) is 3.40. The number of carbonyl (C=O) groups excluding carboxylic acids is 1. The second-order valence-electron chi connectivity index (χ2n) is 6.40. The number of hydrogen-bond donors (Lipinski definition) is 3. The molecule has 2 aromatic rings. The molecule has 0 heterocycles. The molecule has 0 spiro atoms. The van der Waals surface area contributed by atoms with Crippen LogP contribution in [-0.4, -0.2) is 48.6 Å². The lowest BCUT2D eigenvalue weighted by molar-refractivity contribution is 0.0294. The second-order valence-corrected chi connectivity index (χ2v) is 6.40. The van der Waals surface area contributed by atoms with Crippen molar-refractivity contribution in [2.75, 3.05) is 14.2 Å². The summed E-state index contributed by atoms with van der Waals surface area (Å²) in [5.74, 6) is 0.794. The lowest BCUT2D eigenvalue weighted by Crippen LogP contribution is -2.45.